The van der Waals surface area contributed by atoms with Crippen molar-refractivity contribution < 1.29 is 8.42 Å². The maximum atomic E-state index is 13.2. The van der Waals surface area contributed by atoms with Crippen molar-refractivity contribution in [2.75, 3.05) is 18.4 Å². The van der Waals surface area contributed by atoms with Crippen LogP contribution in [0.2, 0.25) is 10.0 Å². The number of aromatic nitrogens is 4. The average molecular weight is 529 g/mol. The van der Waals surface area contributed by atoms with Crippen molar-refractivity contribution in [2.24, 2.45) is 0 Å². The minimum atomic E-state index is -3.74. The van der Waals surface area contributed by atoms with Gasteiger partial charge in [-0.2, -0.15) is 13.9 Å². The lowest BCUT2D eigenvalue weighted by Gasteiger charge is -2.31. The van der Waals surface area contributed by atoms with Crippen molar-refractivity contribution in [3.8, 4) is 0 Å². The minimum Gasteiger partial charge on any atom is -0.366 e. The molecular formula is C23H23BCl2N6O2S. The predicted octanol–water partition coefficient (Wildman–Crippen LogP) is 2.87. The van der Waals surface area contributed by atoms with Gasteiger partial charge in [-0.25, -0.2) is 13.4 Å². The molecule has 1 aliphatic heterocycles. The van der Waals surface area contributed by atoms with Gasteiger partial charge in [0, 0.05) is 55.9 Å². The van der Waals surface area contributed by atoms with Gasteiger partial charge in [-0.05, 0) is 42.1 Å². The number of nitrogens with one attached hydrogen (secondary N) is 1. The molecule has 0 bridgehead atoms. The first-order chi connectivity index (χ1) is 16.8. The lowest BCUT2D eigenvalue weighted by atomic mass is 9.94. The number of pyridine rings is 1. The molecule has 0 radical (unpaired) electrons. The molecule has 0 atom stereocenters. The summed E-state index contributed by atoms with van der Waals surface area (Å²) in [6.45, 7) is 1.35. The maximum absolute atomic E-state index is 13.2. The smallest absolute Gasteiger partial charge is 0.244 e. The lowest BCUT2D eigenvalue weighted by molar-refractivity contribution is 0.317. The predicted molar refractivity (Wildman–Crippen MR) is 140 cm³/mol. The third-order valence-electron chi connectivity index (χ3n) is 6.27. The summed E-state index contributed by atoms with van der Waals surface area (Å²) < 4.78 is 29.7. The highest BCUT2D eigenvalue weighted by Crippen LogP contribution is 2.35. The van der Waals surface area contributed by atoms with E-state index in [2.05, 4.69) is 15.4 Å². The number of nitrogens with zero attached hydrogens (tertiary/aromatic N) is 5. The standard InChI is InChI=1S/C23H23BCl2N6O2S/c24-17-14-29-32-21(28-13-15-3-2-8-27-12-15)11-19(30-23(17)32)16-6-9-31(10-7-16)35(33,34)20-5-1-4-18(25)22(20)26/h1-5,8,11-12,14,16,28H,6-7,9-10,13,24H2. The van der Waals surface area contributed by atoms with Crippen LogP contribution in [-0.2, 0) is 16.6 Å². The van der Waals surface area contributed by atoms with E-state index in [1.54, 1.807) is 29.0 Å². The van der Waals surface area contributed by atoms with E-state index in [0.717, 1.165) is 28.2 Å². The number of sulfonamides is 1. The Hall–Kier alpha value is -2.66. The molecular weight excluding hydrogens is 506 g/mol. The summed E-state index contributed by atoms with van der Waals surface area (Å²) in [5, 5.41) is 8.21. The van der Waals surface area contributed by atoms with Crippen LogP contribution in [-0.4, -0.2) is 53.2 Å². The van der Waals surface area contributed by atoms with Crippen molar-refractivity contribution in [3.05, 3.63) is 76.3 Å². The number of rotatable bonds is 6. The normalized spacial score (nSPS) is 15.5. The van der Waals surface area contributed by atoms with Crippen molar-refractivity contribution in [1.82, 2.24) is 23.9 Å². The number of piperidine rings is 1. The number of hydrogen-bond acceptors (Lipinski definition) is 6. The second-order valence-corrected chi connectivity index (χ2v) is 11.3. The van der Waals surface area contributed by atoms with E-state index in [4.69, 9.17) is 28.2 Å². The fraction of sp³-hybridized carbons (Fsp3) is 0.261. The summed E-state index contributed by atoms with van der Waals surface area (Å²) in [5.41, 5.74) is 3.75. The van der Waals surface area contributed by atoms with E-state index in [1.165, 1.54) is 10.4 Å². The molecule has 1 saturated heterocycles. The molecule has 1 aromatic carbocycles. The Labute approximate surface area is 214 Å². The van der Waals surface area contributed by atoms with E-state index in [0.29, 0.717) is 32.5 Å². The van der Waals surface area contributed by atoms with E-state index in [-0.39, 0.29) is 20.9 Å². The summed E-state index contributed by atoms with van der Waals surface area (Å²) in [5.74, 6) is 0.956. The van der Waals surface area contributed by atoms with Crippen LogP contribution in [0.15, 0.2) is 59.9 Å². The van der Waals surface area contributed by atoms with Gasteiger partial charge in [0.05, 0.1) is 10.0 Å². The molecule has 180 valence electrons. The molecule has 35 heavy (non-hydrogen) atoms. The number of hydrogen-bond donors (Lipinski definition) is 1. The first kappa shape index (κ1) is 24.1. The van der Waals surface area contributed by atoms with Crippen molar-refractivity contribution in [3.63, 3.8) is 0 Å². The molecule has 0 amide bonds. The fourth-order valence-electron chi connectivity index (χ4n) is 4.34. The highest BCUT2D eigenvalue weighted by atomic mass is 35.5. The van der Waals surface area contributed by atoms with E-state index >= 15 is 0 Å². The second kappa shape index (κ2) is 9.77. The Bertz CT molecular complexity index is 1470. The van der Waals surface area contributed by atoms with Crippen molar-refractivity contribution >= 4 is 58.0 Å². The van der Waals surface area contributed by atoms with Gasteiger partial charge < -0.3 is 5.32 Å². The van der Waals surface area contributed by atoms with Gasteiger partial charge in [0.2, 0.25) is 10.0 Å². The van der Waals surface area contributed by atoms with Crippen LogP contribution in [0.5, 0.6) is 0 Å². The van der Waals surface area contributed by atoms with Crippen LogP contribution in [0.3, 0.4) is 0 Å². The van der Waals surface area contributed by atoms with Crippen LogP contribution < -0.4 is 10.8 Å². The molecule has 0 spiro atoms. The van der Waals surface area contributed by atoms with Crippen molar-refractivity contribution in [2.45, 2.75) is 30.2 Å². The lowest BCUT2D eigenvalue weighted by Crippen LogP contribution is -2.38. The number of fused-ring (bicyclic) bond motifs is 1. The molecule has 4 heterocycles. The molecule has 1 aliphatic rings. The zero-order chi connectivity index (χ0) is 24.6. The monoisotopic (exact) mass is 528 g/mol. The highest BCUT2D eigenvalue weighted by molar-refractivity contribution is 7.89. The molecule has 3 aromatic heterocycles. The number of anilines is 1. The third-order valence-corrected chi connectivity index (χ3v) is 9.14. The van der Waals surface area contributed by atoms with E-state index in [1.807, 2.05) is 32.2 Å². The Morgan fingerprint density at radius 1 is 1.11 bits per heavy atom. The van der Waals surface area contributed by atoms with Gasteiger partial charge in [-0.1, -0.05) is 35.3 Å². The first-order valence-electron chi connectivity index (χ1n) is 11.3. The molecule has 0 unspecified atom stereocenters. The third kappa shape index (κ3) is 4.75. The summed E-state index contributed by atoms with van der Waals surface area (Å²) in [6.07, 6.45) is 6.66. The van der Waals surface area contributed by atoms with Gasteiger partial charge in [0.1, 0.15) is 18.6 Å². The molecule has 8 nitrogen and oxygen atoms in total. The van der Waals surface area contributed by atoms with Crippen LogP contribution in [0.4, 0.5) is 5.82 Å². The zero-order valence-corrected chi connectivity index (χ0v) is 21.4. The van der Waals surface area contributed by atoms with Crippen LogP contribution in [0, 0.1) is 0 Å². The van der Waals surface area contributed by atoms with Crippen LogP contribution >= 0.6 is 23.2 Å². The summed E-state index contributed by atoms with van der Waals surface area (Å²) in [6, 6.07) is 10.6. The summed E-state index contributed by atoms with van der Waals surface area (Å²) in [7, 11) is -1.76. The highest BCUT2D eigenvalue weighted by Gasteiger charge is 2.32. The summed E-state index contributed by atoms with van der Waals surface area (Å²) >= 11 is 12.3. The summed E-state index contributed by atoms with van der Waals surface area (Å²) in [4.78, 5) is 9.10. The van der Waals surface area contributed by atoms with Gasteiger partial charge in [0.15, 0.2) is 5.65 Å². The topological polar surface area (TPSA) is 92.5 Å². The average Bonchev–Trinajstić information content (AvgIpc) is 3.25. The second-order valence-electron chi connectivity index (χ2n) is 8.57. The van der Waals surface area contributed by atoms with Gasteiger partial charge >= 0.3 is 0 Å². The number of halogens is 2. The Morgan fingerprint density at radius 3 is 2.66 bits per heavy atom. The molecule has 1 fully saturated rings. The molecule has 5 rings (SSSR count). The van der Waals surface area contributed by atoms with E-state index < -0.39 is 10.0 Å². The van der Waals surface area contributed by atoms with Crippen LogP contribution in [0.25, 0.3) is 5.65 Å². The molecule has 12 heteroatoms. The largest absolute Gasteiger partial charge is 0.366 e. The Morgan fingerprint density at radius 2 is 1.91 bits per heavy atom. The minimum absolute atomic E-state index is 0.0430. The van der Waals surface area contributed by atoms with Crippen LogP contribution in [0.1, 0.15) is 30.0 Å². The quantitative estimate of drug-likeness (QED) is 0.387. The Kier molecular flexibility index (Phi) is 6.72. The maximum Gasteiger partial charge on any atom is 0.244 e. The number of benzene rings is 1. The van der Waals surface area contributed by atoms with E-state index in [9.17, 15) is 8.42 Å². The molecule has 0 aliphatic carbocycles. The Balaban J connectivity index is 1.37. The first-order valence-corrected chi connectivity index (χ1v) is 13.5. The van der Waals surface area contributed by atoms with Crippen molar-refractivity contribution in [1.29, 1.82) is 0 Å². The van der Waals surface area contributed by atoms with Gasteiger partial charge in [0.25, 0.3) is 0 Å². The molecule has 1 N–H and O–H groups in total. The fourth-order valence-corrected chi connectivity index (χ4v) is 6.54. The molecule has 4 aromatic rings. The zero-order valence-electron chi connectivity index (χ0n) is 19.0. The SMILES string of the molecule is Bc1cnn2c(NCc3cccnc3)cc(C3CCN(S(=O)(=O)c4cccc(Cl)c4Cl)CC3)nc12. The molecule has 0 saturated carbocycles. The van der Waals surface area contributed by atoms with Gasteiger partial charge in [-0.3, -0.25) is 4.98 Å². The van der Waals surface area contributed by atoms with Gasteiger partial charge in [-0.15, -0.1) is 0 Å².